The highest BCUT2D eigenvalue weighted by Crippen LogP contribution is 2.36. The molecule has 0 spiro atoms. The number of hydrogen-bond acceptors (Lipinski definition) is 5. The third kappa shape index (κ3) is 5.80. The highest BCUT2D eigenvalue weighted by atomic mass is 32.1. The Balaban J connectivity index is 1.83. The molecule has 166 valence electrons. The van der Waals surface area contributed by atoms with Gasteiger partial charge < -0.3 is 14.8 Å². The summed E-state index contributed by atoms with van der Waals surface area (Å²) in [5.41, 5.74) is -0.290. The number of alkyl halides is 2. The van der Waals surface area contributed by atoms with E-state index in [4.69, 9.17) is 17.0 Å². The molecule has 1 aromatic heterocycles. The SMILES string of the molecule is CC1(C)C[C@@](C)(c2cc(CC(=O)c3ccc(OC(F)F)cn3)ccc2F)NC(=S)CO1. The summed E-state index contributed by atoms with van der Waals surface area (Å²) >= 11 is 5.31. The van der Waals surface area contributed by atoms with Gasteiger partial charge in [-0.2, -0.15) is 8.78 Å². The van der Waals surface area contributed by atoms with E-state index in [1.807, 2.05) is 20.8 Å². The molecule has 1 aliphatic rings. The average molecular weight is 452 g/mol. The molecule has 5 nitrogen and oxygen atoms in total. The number of nitrogens with zero attached hydrogens (tertiary/aromatic N) is 1. The molecule has 1 saturated heterocycles. The molecule has 0 unspecified atom stereocenters. The first-order valence-electron chi connectivity index (χ1n) is 9.65. The molecule has 0 saturated carbocycles. The first kappa shape index (κ1) is 23.1. The molecule has 9 heteroatoms. The number of carbonyl (C=O) groups excluding carboxylic acids is 1. The summed E-state index contributed by atoms with van der Waals surface area (Å²) in [7, 11) is 0. The first-order valence-corrected chi connectivity index (χ1v) is 10.1. The summed E-state index contributed by atoms with van der Waals surface area (Å²) in [5, 5.41) is 3.20. The van der Waals surface area contributed by atoms with Gasteiger partial charge in [0.1, 0.15) is 22.2 Å². The van der Waals surface area contributed by atoms with Gasteiger partial charge in [-0.25, -0.2) is 9.37 Å². The fourth-order valence-electron chi connectivity index (χ4n) is 3.81. The van der Waals surface area contributed by atoms with Gasteiger partial charge in [0.2, 0.25) is 0 Å². The molecule has 1 N–H and O–H groups in total. The normalized spacial score (nSPS) is 20.8. The van der Waals surface area contributed by atoms with Gasteiger partial charge in [0.05, 0.1) is 23.9 Å². The lowest BCUT2D eigenvalue weighted by atomic mass is 9.81. The van der Waals surface area contributed by atoms with Crippen molar-refractivity contribution in [2.24, 2.45) is 0 Å². The lowest BCUT2D eigenvalue weighted by Gasteiger charge is -2.35. The van der Waals surface area contributed by atoms with Crippen molar-refractivity contribution in [2.45, 2.75) is 51.4 Å². The largest absolute Gasteiger partial charge is 0.433 e. The van der Waals surface area contributed by atoms with E-state index in [1.54, 1.807) is 6.07 Å². The Bertz CT molecular complexity index is 982. The van der Waals surface area contributed by atoms with Crippen LogP contribution in [0, 0.1) is 5.82 Å². The quantitative estimate of drug-likeness (QED) is 0.512. The van der Waals surface area contributed by atoms with E-state index in [0.717, 1.165) is 6.20 Å². The Morgan fingerprint density at radius 1 is 1.29 bits per heavy atom. The zero-order valence-corrected chi connectivity index (χ0v) is 18.2. The van der Waals surface area contributed by atoms with Crippen LogP contribution in [0.5, 0.6) is 5.75 Å². The number of carbonyl (C=O) groups is 1. The van der Waals surface area contributed by atoms with Crippen LogP contribution in [-0.2, 0) is 16.7 Å². The minimum absolute atomic E-state index is 0.0320. The molecule has 0 bridgehead atoms. The number of ether oxygens (including phenoxy) is 2. The van der Waals surface area contributed by atoms with E-state index < -0.39 is 23.6 Å². The van der Waals surface area contributed by atoms with Crippen molar-refractivity contribution in [1.29, 1.82) is 0 Å². The number of nitrogens with one attached hydrogen (secondary N) is 1. The average Bonchev–Trinajstić information content (AvgIpc) is 2.78. The van der Waals surface area contributed by atoms with E-state index in [-0.39, 0.29) is 30.3 Å². The number of benzene rings is 1. The van der Waals surface area contributed by atoms with E-state index in [9.17, 15) is 18.0 Å². The van der Waals surface area contributed by atoms with Crippen molar-refractivity contribution in [1.82, 2.24) is 10.3 Å². The maximum absolute atomic E-state index is 14.8. The van der Waals surface area contributed by atoms with Crippen LogP contribution >= 0.6 is 12.2 Å². The molecule has 31 heavy (non-hydrogen) atoms. The van der Waals surface area contributed by atoms with Crippen molar-refractivity contribution in [3.05, 3.63) is 59.2 Å². The summed E-state index contributed by atoms with van der Waals surface area (Å²) in [4.78, 5) is 17.0. The minimum atomic E-state index is -2.97. The monoisotopic (exact) mass is 452 g/mol. The van der Waals surface area contributed by atoms with Gasteiger partial charge in [-0.3, -0.25) is 4.79 Å². The van der Waals surface area contributed by atoms with E-state index in [1.165, 1.54) is 24.3 Å². The van der Waals surface area contributed by atoms with E-state index in [0.29, 0.717) is 22.5 Å². The van der Waals surface area contributed by atoms with Gasteiger partial charge in [-0.15, -0.1) is 0 Å². The number of halogens is 3. The van der Waals surface area contributed by atoms with E-state index >= 15 is 0 Å². The summed E-state index contributed by atoms with van der Waals surface area (Å²) in [5.74, 6) is -0.888. The standard InChI is InChI=1S/C22H23F3N2O3S/c1-21(2)12-22(3,27-19(31)11-29-21)15-8-13(4-6-16(15)23)9-18(28)17-7-5-14(10-26-17)30-20(24)25/h4-8,10,20H,9,11-12H2,1-3H3,(H,27,31)/t22-/m0/s1. The lowest BCUT2D eigenvalue weighted by molar-refractivity contribution is -0.0500. The Morgan fingerprint density at radius 2 is 2.03 bits per heavy atom. The zero-order valence-electron chi connectivity index (χ0n) is 17.4. The second kappa shape index (κ2) is 8.92. The number of thiocarbonyl (C=S) groups is 1. The molecular weight excluding hydrogens is 429 g/mol. The summed E-state index contributed by atoms with van der Waals surface area (Å²) in [6.07, 6.45) is 1.49. The fraction of sp³-hybridized carbons (Fsp3) is 0.409. The molecule has 2 aromatic rings. The maximum atomic E-state index is 14.8. The molecule has 1 fully saturated rings. The Hall–Kier alpha value is -2.52. The summed E-state index contributed by atoms with van der Waals surface area (Å²) in [6, 6.07) is 7.06. The van der Waals surface area contributed by atoms with Crippen molar-refractivity contribution in [2.75, 3.05) is 6.61 Å². The summed E-state index contributed by atoms with van der Waals surface area (Å²) in [6.45, 7) is 2.96. The smallest absolute Gasteiger partial charge is 0.387 e. The topological polar surface area (TPSA) is 60.5 Å². The molecule has 2 heterocycles. The molecule has 1 atom stereocenters. The highest BCUT2D eigenvalue weighted by Gasteiger charge is 2.39. The number of hydrogen-bond donors (Lipinski definition) is 1. The molecule has 0 radical (unpaired) electrons. The molecule has 0 aliphatic carbocycles. The second-order valence-electron chi connectivity index (χ2n) is 8.28. The third-order valence-corrected chi connectivity index (χ3v) is 5.25. The fourth-order valence-corrected chi connectivity index (χ4v) is 4.10. The van der Waals surface area contributed by atoms with Crippen molar-refractivity contribution < 1.29 is 27.4 Å². The summed E-state index contributed by atoms with van der Waals surface area (Å²) < 4.78 is 49.4. The lowest BCUT2D eigenvalue weighted by Crippen LogP contribution is -2.45. The van der Waals surface area contributed by atoms with E-state index in [2.05, 4.69) is 15.0 Å². The predicted octanol–water partition coefficient (Wildman–Crippen LogP) is 4.58. The van der Waals surface area contributed by atoms with Crippen molar-refractivity contribution >= 4 is 23.0 Å². The van der Waals surface area contributed by atoms with Crippen LogP contribution in [0.25, 0.3) is 0 Å². The van der Waals surface area contributed by atoms with Crippen molar-refractivity contribution in [3.8, 4) is 5.75 Å². The van der Waals surface area contributed by atoms with Crippen LogP contribution in [0.15, 0.2) is 36.5 Å². The molecule has 1 aliphatic heterocycles. The van der Waals surface area contributed by atoms with Crippen LogP contribution in [0.4, 0.5) is 13.2 Å². The van der Waals surface area contributed by atoms with Crippen LogP contribution in [0.2, 0.25) is 0 Å². The van der Waals surface area contributed by atoms with Crippen LogP contribution < -0.4 is 10.1 Å². The van der Waals surface area contributed by atoms with Crippen LogP contribution in [0.3, 0.4) is 0 Å². The van der Waals surface area contributed by atoms with Gasteiger partial charge in [-0.1, -0.05) is 24.4 Å². The van der Waals surface area contributed by atoms with Gasteiger partial charge in [0.25, 0.3) is 0 Å². The Kier molecular flexibility index (Phi) is 6.66. The Morgan fingerprint density at radius 3 is 2.68 bits per heavy atom. The molecule has 1 aromatic carbocycles. The number of ketones is 1. The third-order valence-electron chi connectivity index (χ3n) is 5.03. The number of Topliss-reactive ketones (excluding diaryl/α,β-unsaturated/α-hetero) is 1. The molecular formula is C22H23F3N2O3S. The minimum Gasteiger partial charge on any atom is -0.433 e. The number of rotatable bonds is 6. The van der Waals surface area contributed by atoms with Gasteiger partial charge >= 0.3 is 6.61 Å². The van der Waals surface area contributed by atoms with Gasteiger partial charge in [0.15, 0.2) is 5.78 Å². The number of pyridine rings is 1. The van der Waals surface area contributed by atoms with Gasteiger partial charge in [-0.05, 0) is 44.5 Å². The predicted molar refractivity (Wildman–Crippen MR) is 113 cm³/mol. The Labute approximate surface area is 184 Å². The second-order valence-corrected chi connectivity index (χ2v) is 8.77. The van der Waals surface area contributed by atoms with Gasteiger partial charge in [0, 0.05) is 18.4 Å². The molecule has 0 amide bonds. The number of aromatic nitrogens is 1. The van der Waals surface area contributed by atoms with Crippen LogP contribution in [-0.4, -0.2) is 34.6 Å². The van der Waals surface area contributed by atoms with Crippen molar-refractivity contribution in [3.63, 3.8) is 0 Å². The highest BCUT2D eigenvalue weighted by molar-refractivity contribution is 7.80. The van der Waals surface area contributed by atoms with Crippen LogP contribution in [0.1, 0.15) is 48.8 Å². The first-order chi connectivity index (χ1) is 14.5. The molecule has 3 rings (SSSR count). The zero-order chi connectivity index (χ0) is 22.8. The maximum Gasteiger partial charge on any atom is 0.387 e.